The Bertz CT molecular complexity index is 1010. The highest BCUT2D eigenvalue weighted by molar-refractivity contribution is 7.19. The van der Waals surface area contributed by atoms with Gasteiger partial charge in [-0.2, -0.15) is 5.10 Å². The first kappa shape index (κ1) is 17.0. The van der Waals surface area contributed by atoms with Crippen molar-refractivity contribution in [1.82, 2.24) is 20.4 Å². The Morgan fingerprint density at radius 2 is 2.27 bits per heavy atom. The molecule has 0 saturated carbocycles. The number of carbonyl (C=O) groups is 2. The Labute approximate surface area is 157 Å². The number of nitrogens with zero attached hydrogens (tertiary/aromatic N) is 2. The van der Waals surface area contributed by atoms with Crippen LogP contribution in [0.25, 0.3) is 10.1 Å². The third kappa shape index (κ3) is 3.07. The van der Waals surface area contributed by atoms with Gasteiger partial charge in [-0.1, -0.05) is 29.8 Å². The number of hydrogen-bond donors (Lipinski definition) is 3. The number of fused-ring (bicyclic) bond motifs is 2. The van der Waals surface area contributed by atoms with E-state index < -0.39 is 12.0 Å². The summed E-state index contributed by atoms with van der Waals surface area (Å²) in [5, 5.41) is 20.9. The predicted molar refractivity (Wildman–Crippen MR) is 98.6 cm³/mol. The van der Waals surface area contributed by atoms with Crippen LogP contribution in [0.4, 0.5) is 0 Å². The van der Waals surface area contributed by atoms with Crippen LogP contribution in [0.3, 0.4) is 0 Å². The molecule has 0 aliphatic carbocycles. The van der Waals surface area contributed by atoms with Gasteiger partial charge in [-0.05, 0) is 6.07 Å². The van der Waals surface area contributed by atoms with Gasteiger partial charge in [-0.15, -0.1) is 11.3 Å². The number of amides is 2. The second-order valence-corrected chi connectivity index (χ2v) is 7.49. The standard InChI is InChI=1S/C17H15ClN4O3S/c18-15-10-3-1-2-4-13(10)26-14(15)7-20-16(24)11-5-12-17(25)19-6-9(23)8-22(12)21-11/h1-5,9,23H,6-8H2,(H,19,25)(H,20,24)/t9-/m1/s1. The second kappa shape index (κ2) is 6.71. The van der Waals surface area contributed by atoms with Crippen molar-refractivity contribution >= 4 is 44.8 Å². The summed E-state index contributed by atoms with van der Waals surface area (Å²) < 4.78 is 2.41. The molecule has 2 aromatic heterocycles. The first-order valence-electron chi connectivity index (χ1n) is 8.01. The molecule has 2 amide bonds. The molecular weight excluding hydrogens is 376 g/mol. The van der Waals surface area contributed by atoms with Crippen molar-refractivity contribution in [3.8, 4) is 0 Å². The van der Waals surface area contributed by atoms with Gasteiger partial charge >= 0.3 is 0 Å². The van der Waals surface area contributed by atoms with Crippen molar-refractivity contribution in [2.24, 2.45) is 0 Å². The van der Waals surface area contributed by atoms with Gasteiger partial charge in [-0.3, -0.25) is 14.3 Å². The molecule has 7 nitrogen and oxygen atoms in total. The third-order valence-electron chi connectivity index (χ3n) is 4.14. The lowest BCUT2D eigenvalue weighted by molar-refractivity contribution is 0.0931. The highest BCUT2D eigenvalue weighted by atomic mass is 35.5. The number of aliphatic hydroxyl groups is 1. The van der Waals surface area contributed by atoms with Crippen LogP contribution in [0.2, 0.25) is 5.02 Å². The topological polar surface area (TPSA) is 96.2 Å². The van der Waals surface area contributed by atoms with Crippen molar-refractivity contribution in [2.75, 3.05) is 6.54 Å². The van der Waals surface area contributed by atoms with Crippen LogP contribution in [0, 0.1) is 0 Å². The molecule has 0 bridgehead atoms. The summed E-state index contributed by atoms with van der Waals surface area (Å²) in [6.07, 6.45) is -0.742. The van der Waals surface area contributed by atoms with Crippen LogP contribution < -0.4 is 10.6 Å². The molecule has 1 atom stereocenters. The Kier molecular flexibility index (Phi) is 4.39. The minimum absolute atomic E-state index is 0.126. The van der Waals surface area contributed by atoms with E-state index in [2.05, 4.69) is 15.7 Å². The van der Waals surface area contributed by atoms with Gasteiger partial charge in [0, 0.05) is 27.6 Å². The maximum absolute atomic E-state index is 12.4. The summed E-state index contributed by atoms with van der Waals surface area (Å²) in [7, 11) is 0. The summed E-state index contributed by atoms with van der Waals surface area (Å²) in [4.78, 5) is 25.3. The molecule has 134 valence electrons. The normalized spacial score (nSPS) is 16.8. The molecule has 0 radical (unpaired) electrons. The van der Waals surface area contributed by atoms with Crippen LogP contribution in [0.5, 0.6) is 0 Å². The summed E-state index contributed by atoms with van der Waals surface area (Å²) in [5.74, 6) is -0.762. The number of benzene rings is 1. The minimum atomic E-state index is -0.742. The number of aromatic nitrogens is 2. The lowest BCUT2D eigenvalue weighted by Gasteiger charge is -2.06. The summed E-state index contributed by atoms with van der Waals surface area (Å²) in [5.41, 5.74) is 0.382. The monoisotopic (exact) mass is 390 g/mol. The molecule has 1 aliphatic rings. The van der Waals surface area contributed by atoms with E-state index in [1.165, 1.54) is 22.1 Å². The maximum atomic E-state index is 12.4. The number of halogens is 1. The van der Waals surface area contributed by atoms with E-state index in [0.717, 1.165) is 15.0 Å². The summed E-state index contributed by atoms with van der Waals surface area (Å²) >= 11 is 7.90. The molecule has 1 aliphatic heterocycles. The number of nitrogens with one attached hydrogen (secondary N) is 2. The average Bonchev–Trinajstić information content (AvgIpc) is 3.16. The van der Waals surface area contributed by atoms with Crippen LogP contribution in [0.15, 0.2) is 30.3 Å². The zero-order valence-electron chi connectivity index (χ0n) is 13.5. The Morgan fingerprint density at radius 1 is 1.46 bits per heavy atom. The third-order valence-corrected chi connectivity index (χ3v) is 5.85. The second-order valence-electron chi connectivity index (χ2n) is 5.98. The van der Waals surface area contributed by atoms with Crippen molar-refractivity contribution in [1.29, 1.82) is 0 Å². The molecule has 0 saturated heterocycles. The fourth-order valence-corrected chi connectivity index (χ4v) is 4.28. The molecule has 0 fully saturated rings. The Morgan fingerprint density at radius 3 is 3.08 bits per heavy atom. The molecular formula is C17H15ClN4O3S. The molecule has 3 heterocycles. The molecule has 26 heavy (non-hydrogen) atoms. The van der Waals surface area contributed by atoms with E-state index in [9.17, 15) is 14.7 Å². The predicted octanol–water partition coefficient (Wildman–Crippen LogP) is 1.79. The maximum Gasteiger partial charge on any atom is 0.272 e. The van der Waals surface area contributed by atoms with E-state index in [-0.39, 0.29) is 36.9 Å². The lowest BCUT2D eigenvalue weighted by Crippen LogP contribution is -2.30. The quantitative estimate of drug-likeness (QED) is 0.635. The van der Waals surface area contributed by atoms with Crippen molar-refractivity contribution in [3.05, 3.63) is 51.6 Å². The molecule has 0 spiro atoms. The molecule has 0 unspecified atom stereocenters. The van der Waals surface area contributed by atoms with Crippen LogP contribution in [-0.4, -0.2) is 39.4 Å². The largest absolute Gasteiger partial charge is 0.389 e. The Hall–Kier alpha value is -2.42. The summed E-state index contributed by atoms with van der Waals surface area (Å²) in [6.45, 7) is 0.589. The minimum Gasteiger partial charge on any atom is -0.389 e. The van der Waals surface area contributed by atoms with E-state index in [4.69, 9.17) is 11.6 Å². The van der Waals surface area contributed by atoms with Gasteiger partial charge < -0.3 is 15.7 Å². The fraction of sp³-hybridized carbons (Fsp3) is 0.235. The van der Waals surface area contributed by atoms with Gasteiger partial charge in [-0.25, -0.2) is 0 Å². The van der Waals surface area contributed by atoms with E-state index in [1.807, 2.05) is 24.3 Å². The SMILES string of the molecule is O=C(NCc1sc2ccccc2c1Cl)c1cc2n(n1)C[C@H](O)CNC2=O. The number of β-amino-alcohol motifs (C(OH)–C–C–N with tert-alkyl or cyclic N) is 1. The number of hydrogen-bond acceptors (Lipinski definition) is 5. The van der Waals surface area contributed by atoms with Gasteiger partial charge in [0.2, 0.25) is 0 Å². The smallest absolute Gasteiger partial charge is 0.272 e. The molecule has 9 heteroatoms. The highest BCUT2D eigenvalue weighted by Crippen LogP contribution is 2.34. The average molecular weight is 391 g/mol. The molecule has 4 rings (SSSR count). The van der Waals surface area contributed by atoms with Crippen molar-refractivity contribution in [3.63, 3.8) is 0 Å². The van der Waals surface area contributed by atoms with Gasteiger partial charge in [0.15, 0.2) is 5.69 Å². The zero-order chi connectivity index (χ0) is 18.3. The molecule has 3 N–H and O–H groups in total. The van der Waals surface area contributed by atoms with Crippen LogP contribution in [0.1, 0.15) is 25.9 Å². The van der Waals surface area contributed by atoms with E-state index in [1.54, 1.807) is 0 Å². The first-order valence-corrected chi connectivity index (χ1v) is 9.20. The number of thiophene rings is 1. The van der Waals surface area contributed by atoms with E-state index >= 15 is 0 Å². The highest BCUT2D eigenvalue weighted by Gasteiger charge is 2.24. The van der Waals surface area contributed by atoms with Gasteiger partial charge in [0.05, 0.1) is 24.2 Å². The van der Waals surface area contributed by atoms with Crippen LogP contribution in [-0.2, 0) is 13.1 Å². The first-order chi connectivity index (χ1) is 12.5. The van der Waals surface area contributed by atoms with Gasteiger partial charge in [0.1, 0.15) is 5.69 Å². The lowest BCUT2D eigenvalue weighted by atomic mass is 10.2. The van der Waals surface area contributed by atoms with Crippen LogP contribution >= 0.6 is 22.9 Å². The van der Waals surface area contributed by atoms with Crippen molar-refractivity contribution < 1.29 is 14.7 Å². The fourth-order valence-electron chi connectivity index (χ4n) is 2.84. The zero-order valence-corrected chi connectivity index (χ0v) is 15.1. The summed E-state index contributed by atoms with van der Waals surface area (Å²) in [6, 6.07) is 9.20. The molecule has 3 aromatic rings. The number of carbonyl (C=O) groups excluding carboxylic acids is 2. The van der Waals surface area contributed by atoms with E-state index in [0.29, 0.717) is 5.02 Å². The van der Waals surface area contributed by atoms with Crippen molar-refractivity contribution in [2.45, 2.75) is 19.2 Å². The number of aliphatic hydroxyl groups excluding tert-OH is 1. The Balaban J connectivity index is 1.52. The number of rotatable bonds is 3. The molecule has 1 aromatic carbocycles. The van der Waals surface area contributed by atoms with Gasteiger partial charge in [0.25, 0.3) is 11.8 Å².